The summed E-state index contributed by atoms with van der Waals surface area (Å²) in [6.45, 7) is 1.74. The summed E-state index contributed by atoms with van der Waals surface area (Å²) in [7, 11) is 0. The first-order chi connectivity index (χ1) is 7.85. The summed E-state index contributed by atoms with van der Waals surface area (Å²) in [5.41, 5.74) is 1.72. The quantitative estimate of drug-likeness (QED) is 0.716. The zero-order valence-corrected chi connectivity index (χ0v) is 9.06. The van der Waals surface area contributed by atoms with Gasteiger partial charge in [0.2, 0.25) is 0 Å². The Morgan fingerprint density at radius 3 is 2.44 bits per heavy atom. The molecule has 0 aliphatic carbocycles. The van der Waals surface area contributed by atoms with Gasteiger partial charge >= 0.3 is 0 Å². The first-order valence-electron chi connectivity index (χ1n) is 5.49. The van der Waals surface area contributed by atoms with E-state index in [-0.39, 0.29) is 5.92 Å². The van der Waals surface area contributed by atoms with E-state index in [4.69, 9.17) is 10.5 Å². The highest BCUT2D eigenvalue weighted by molar-refractivity contribution is 5.59. The van der Waals surface area contributed by atoms with E-state index in [2.05, 4.69) is 17.0 Å². The molecule has 1 heterocycles. The second kappa shape index (κ2) is 4.68. The molecule has 3 nitrogen and oxygen atoms in total. The highest BCUT2D eigenvalue weighted by atomic mass is 15.1. The van der Waals surface area contributed by atoms with Gasteiger partial charge in [0.1, 0.15) is 6.07 Å². The third-order valence-corrected chi connectivity index (χ3v) is 3.04. The van der Waals surface area contributed by atoms with E-state index >= 15 is 0 Å². The number of nitrogens with zero attached hydrogens (tertiary/aromatic N) is 3. The number of rotatable bonds is 1. The minimum absolute atomic E-state index is 0.186. The summed E-state index contributed by atoms with van der Waals surface area (Å²) in [5, 5.41) is 17.8. The summed E-state index contributed by atoms with van der Waals surface area (Å²) in [6, 6.07) is 12.2. The molecule has 0 saturated carbocycles. The molecule has 3 heteroatoms. The van der Waals surface area contributed by atoms with Gasteiger partial charge in [-0.2, -0.15) is 10.5 Å². The maximum Gasteiger partial charge on any atom is 0.101 e. The Hall–Kier alpha value is -2.00. The van der Waals surface area contributed by atoms with Crippen molar-refractivity contribution >= 4 is 5.69 Å². The summed E-state index contributed by atoms with van der Waals surface area (Å²) in [6.07, 6.45) is 1.80. The molecule has 1 aromatic carbocycles. The topological polar surface area (TPSA) is 50.8 Å². The van der Waals surface area contributed by atoms with Crippen molar-refractivity contribution in [1.82, 2.24) is 0 Å². The minimum Gasteiger partial charge on any atom is -0.370 e. The first-order valence-corrected chi connectivity index (χ1v) is 5.49. The van der Waals surface area contributed by atoms with Crippen LogP contribution in [0.15, 0.2) is 24.3 Å². The molecule has 0 spiro atoms. The average molecular weight is 211 g/mol. The molecule has 1 aliphatic heterocycles. The van der Waals surface area contributed by atoms with Crippen LogP contribution >= 0.6 is 0 Å². The molecule has 0 radical (unpaired) electrons. The lowest BCUT2D eigenvalue weighted by atomic mass is 9.97. The van der Waals surface area contributed by atoms with Crippen LogP contribution in [0, 0.1) is 28.6 Å². The van der Waals surface area contributed by atoms with Crippen LogP contribution in [0.25, 0.3) is 0 Å². The van der Waals surface area contributed by atoms with E-state index in [9.17, 15) is 0 Å². The predicted octanol–water partition coefficient (Wildman–Crippen LogP) is 2.30. The van der Waals surface area contributed by atoms with Crippen molar-refractivity contribution in [1.29, 1.82) is 10.5 Å². The molecule has 80 valence electrons. The van der Waals surface area contributed by atoms with E-state index in [1.54, 1.807) is 0 Å². The molecule has 2 rings (SSSR count). The predicted molar refractivity (Wildman–Crippen MR) is 61.7 cm³/mol. The zero-order chi connectivity index (χ0) is 11.4. The first kappa shape index (κ1) is 10.5. The summed E-state index contributed by atoms with van der Waals surface area (Å²) >= 11 is 0. The highest BCUT2D eigenvalue weighted by Gasteiger charge is 2.20. The fourth-order valence-corrected chi connectivity index (χ4v) is 2.09. The standard InChI is InChI=1S/C13H13N3/c14-9-11-5-7-16(8-6-11)13-4-2-1-3-12(13)10-15/h1-4,11H,5-8H2. The third kappa shape index (κ3) is 1.99. The number of nitriles is 2. The maximum absolute atomic E-state index is 9.02. The second-order valence-electron chi connectivity index (χ2n) is 4.02. The fourth-order valence-electron chi connectivity index (χ4n) is 2.09. The Labute approximate surface area is 95.5 Å². The number of benzene rings is 1. The lowest BCUT2D eigenvalue weighted by Gasteiger charge is -2.31. The van der Waals surface area contributed by atoms with Gasteiger partial charge in [0.05, 0.1) is 17.3 Å². The molecule has 1 saturated heterocycles. The summed E-state index contributed by atoms with van der Waals surface area (Å²) < 4.78 is 0. The Kier molecular flexibility index (Phi) is 3.08. The molecule has 1 fully saturated rings. The van der Waals surface area contributed by atoms with Gasteiger partial charge in [-0.3, -0.25) is 0 Å². The number of para-hydroxylation sites is 1. The highest BCUT2D eigenvalue weighted by Crippen LogP contribution is 2.25. The van der Waals surface area contributed by atoms with Crippen LogP contribution in [0.2, 0.25) is 0 Å². The second-order valence-corrected chi connectivity index (χ2v) is 4.02. The fraction of sp³-hybridized carbons (Fsp3) is 0.385. The Morgan fingerprint density at radius 2 is 1.81 bits per heavy atom. The van der Waals surface area contributed by atoms with E-state index in [0.717, 1.165) is 37.2 Å². The maximum atomic E-state index is 9.02. The molecule has 0 amide bonds. The number of hydrogen-bond acceptors (Lipinski definition) is 3. The molecular formula is C13H13N3. The Morgan fingerprint density at radius 1 is 1.12 bits per heavy atom. The van der Waals surface area contributed by atoms with Crippen molar-refractivity contribution in [3.8, 4) is 12.1 Å². The van der Waals surface area contributed by atoms with E-state index in [0.29, 0.717) is 0 Å². The molecule has 16 heavy (non-hydrogen) atoms. The van der Waals surface area contributed by atoms with Gasteiger partial charge in [-0.05, 0) is 25.0 Å². The van der Waals surface area contributed by atoms with Gasteiger partial charge in [-0.25, -0.2) is 0 Å². The van der Waals surface area contributed by atoms with Gasteiger partial charge < -0.3 is 4.90 Å². The van der Waals surface area contributed by atoms with Crippen molar-refractivity contribution in [2.45, 2.75) is 12.8 Å². The smallest absolute Gasteiger partial charge is 0.101 e. The Balaban J connectivity index is 2.15. The zero-order valence-electron chi connectivity index (χ0n) is 9.06. The molecule has 0 atom stereocenters. The third-order valence-electron chi connectivity index (χ3n) is 3.04. The van der Waals surface area contributed by atoms with Crippen LogP contribution in [-0.2, 0) is 0 Å². The molecule has 0 N–H and O–H groups in total. The van der Waals surface area contributed by atoms with E-state index in [1.165, 1.54) is 0 Å². The van der Waals surface area contributed by atoms with Crippen LogP contribution in [0.1, 0.15) is 18.4 Å². The van der Waals surface area contributed by atoms with Gasteiger partial charge in [0.15, 0.2) is 0 Å². The van der Waals surface area contributed by atoms with Crippen LogP contribution in [0.3, 0.4) is 0 Å². The van der Waals surface area contributed by atoms with Gasteiger partial charge in [-0.1, -0.05) is 12.1 Å². The number of anilines is 1. The molecule has 0 aromatic heterocycles. The van der Waals surface area contributed by atoms with Gasteiger partial charge in [0.25, 0.3) is 0 Å². The Bertz CT molecular complexity index is 445. The molecule has 1 aliphatic rings. The number of hydrogen-bond donors (Lipinski definition) is 0. The lowest BCUT2D eigenvalue weighted by molar-refractivity contribution is 0.487. The monoisotopic (exact) mass is 211 g/mol. The summed E-state index contributed by atoms with van der Waals surface area (Å²) in [4.78, 5) is 2.20. The largest absolute Gasteiger partial charge is 0.370 e. The van der Waals surface area contributed by atoms with Crippen molar-refractivity contribution in [2.75, 3.05) is 18.0 Å². The van der Waals surface area contributed by atoms with Gasteiger partial charge in [-0.15, -0.1) is 0 Å². The van der Waals surface area contributed by atoms with Crippen LogP contribution in [0.4, 0.5) is 5.69 Å². The van der Waals surface area contributed by atoms with Crippen molar-refractivity contribution in [2.24, 2.45) is 5.92 Å². The number of piperidine rings is 1. The van der Waals surface area contributed by atoms with E-state index < -0.39 is 0 Å². The van der Waals surface area contributed by atoms with Crippen molar-refractivity contribution in [3.05, 3.63) is 29.8 Å². The average Bonchev–Trinajstić information content (AvgIpc) is 2.39. The normalized spacial score (nSPS) is 16.5. The van der Waals surface area contributed by atoms with Crippen LogP contribution in [0.5, 0.6) is 0 Å². The van der Waals surface area contributed by atoms with Crippen LogP contribution < -0.4 is 4.90 Å². The minimum atomic E-state index is 0.186. The summed E-state index contributed by atoms with van der Waals surface area (Å²) in [5.74, 6) is 0.186. The molecule has 0 bridgehead atoms. The van der Waals surface area contributed by atoms with Crippen molar-refractivity contribution < 1.29 is 0 Å². The van der Waals surface area contributed by atoms with Crippen molar-refractivity contribution in [3.63, 3.8) is 0 Å². The van der Waals surface area contributed by atoms with Gasteiger partial charge in [0, 0.05) is 19.0 Å². The molecule has 1 aromatic rings. The molecular weight excluding hydrogens is 198 g/mol. The lowest BCUT2D eigenvalue weighted by Crippen LogP contribution is -2.33. The molecule has 0 unspecified atom stereocenters. The van der Waals surface area contributed by atoms with Crippen LogP contribution in [-0.4, -0.2) is 13.1 Å². The SMILES string of the molecule is N#Cc1ccccc1N1CCC(C#N)CC1. The van der Waals surface area contributed by atoms with E-state index in [1.807, 2.05) is 24.3 Å².